The van der Waals surface area contributed by atoms with Crippen LogP contribution < -0.4 is 0 Å². The average Bonchev–Trinajstić information content (AvgIpc) is 2.91. The normalized spacial score (nSPS) is 16.8. The smallest absolute Gasteiger partial charge is 0.338 e. The van der Waals surface area contributed by atoms with E-state index in [2.05, 4.69) is 58.5 Å². The van der Waals surface area contributed by atoms with E-state index in [4.69, 9.17) is 5.11 Å². The summed E-state index contributed by atoms with van der Waals surface area (Å²) in [5.41, 5.74) is 3.43. The lowest BCUT2D eigenvalue weighted by atomic mass is 9.72. The first-order valence-corrected chi connectivity index (χ1v) is 11.6. The zero-order valence-electron chi connectivity index (χ0n) is 19.6. The molecule has 2 atom stereocenters. The van der Waals surface area contributed by atoms with Crippen LogP contribution in [0.3, 0.4) is 0 Å². The molecule has 0 spiro atoms. The third-order valence-electron chi connectivity index (χ3n) is 6.78. The molecule has 1 aliphatic carbocycles. The number of aromatic carboxylic acids is 1. The van der Waals surface area contributed by atoms with E-state index in [0.29, 0.717) is 6.42 Å². The molecule has 178 valence electrons. The van der Waals surface area contributed by atoms with Crippen LogP contribution in [0, 0.1) is 5.82 Å². The summed E-state index contributed by atoms with van der Waals surface area (Å²) >= 11 is 0. The largest absolute Gasteiger partial charge is 0.478 e. The molecule has 1 N–H and O–H groups in total. The van der Waals surface area contributed by atoms with Crippen molar-refractivity contribution in [1.82, 2.24) is 9.97 Å². The predicted molar refractivity (Wildman–Crippen MR) is 137 cm³/mol. The van der Waals surface area contributed by atoms with Crippen LogP contribution in [0.5, 0.6) is 0 Å². The fourth-order valence-corrected chi connectivity index (χ4v) is 4.94. The van der Waals surface area contributed by atoms with E-state index >= 15 is 0 Å². The highest BCUT2D eigenvalue weighted by atomic mass is 19.1. The number of hydrogen-bond acceptors (Lipinski definition) is 4. The number of carbonyl (C=O) groups is 2. The summed E-state index contributed by atoms with van der Waals surface area (Å²) in [6.07, 6.45) is 4.24. The number of Topliss-reactive ketones (excluding diaryl/α,β-unsaturated/α-hetero) is 1. The number of halogens is 1. The lowest BCUT2D eigenvalue weighted by Crippen LogP contribution is -2.23. The molecule has 0 saturated heterocycles. The van der Waals surface area contributed by atoms with E-state index < -0.39 is 5.97 Å². The summed E-state index contributed by atoms with van der Waals surface area (Å²) in [7, 11) is 0. The van der Waals surface area contributed by atoms with Crippen molar-refractivity contribution in [2.24, 2.45) is 0 Å². The first-order chi connectivity index (χ1) is 17.4. The monoisotopic (exact) mass is 478 g/mol. The van der Waals surface area contributed by atoms with Gasteiger partial charge in [0.2, 0.25) is 0 Å². The Balaban J connectivity index is 0.000000252. The standard InChI is InChI=1S/C25H19FO.C5H4N2O2/c1-15-19-12-13-21-20-5-3-2-4-16(20)8-11-22(21)25(19)23(14-24(15)27)17-6-9-18(26)10-7-17;8-5(9)4-1-6-3-7-2-4/h2-13,15,23H,14H2,1H3;1-3H,(H,8,9). The molecule has 1 heterocycles. The third-order valence-corrected chi connectivity index (χ3v) is 6.78. The molecule has 2 unspecified atom stereocenters. The van der Waals surface area contributed by atoms with Crippen LogP contribution in [0.2, 0.25) is 0 Å². The number of carbonyl (C=O) groups excluding carboxylic acids is 1. The highest BCUT2D eigenvalue weighted by Crippen LogP contribution is 2.45. The predicted octanol–water partition coefficient (Wildman–Crippen LogP) is 6.52. The Morgan fingerprint density at radius 2 is 1.58 bits per heavy atom. The van der Waals surface area contributed by atoms with Crippen molar-refractivity contribution in [2.75, 3.05) is 0 Å². The second-order valence-corrected chi connectivity index (χ2v) is 8.88. The number of aromatic nitrogens is 2. The van der Waals surface area contributed by atoms with E-state index in [9.17, 15) is 14.0 Å². The second kappa shape index (κ2) is 9.66. The SMILES string of the molecule is CC1C(=O)CC(c2ccc(F)cc2)c2c1ccc1c2ccc2ccccc21.O=C(O)c1cncnc1. The summed E-state index contributed by atoms with van der Waals surface area (Å²) in [5, 5.41) is 13.1. The molecule has 5 nitrogen and oxygen atoms in total. The maximum Gasteiger partial charge on any atom is 0.338 e. The van der Waals surface area contributed by atoms with Crippen molar-refractivity contribution in [1.29, 1.82) is 0 Å². The first-order valence-electron chi connectivity index (χ1n) is 11.6. The Morgan fingerprint density at radius 3 is 2.28 bits per heavy atom. The molecule has 1 aliphatic rings. The number of ketones is 1. The lowest BCUT2D eigenvalue weighted by molar-refractivity contribution is -0.120. The van der Waals surface area contributed by atoms with E-state index in [1.54, 1.807) is 0 Å². The summed E-state index contributed by atoms with van der Waals surface area (Å²) in [6.45, 7) is 1.99. The van der Waals surface area contributed by atoms with Gasteiger partial charge in [-0.1, -0.05) is 67.6 Å². The van der Waals surface area contributed by atoms with E-state index in [1.807, 2.05) is 19.1 Å². The molecule has 0 fully saturated rings. The van der Waals surface area contributed by atoms with Crippen LogP contribution in [0.25, 0.3) is 21.5 Å². The maximum absolute atomic E-state index is 13.4. The number of carboxylic acids is 1. The van der Waals surface area contributed by atoms with Crippen LogP contribution in [-0.2, 0) is 4.79 Å². The van der Waals surface area contributed by atoms with Crippen LogP contribution in [0.1, 0.15) is 52.2 Å². The van der Waals surface area contributed by atoms with Crippen molar-refractivity contribution in [3.05, 3.63) is 120 Å². The molecule has 6 heteroatoms. The van der Waals surface area contributed by atoms with E-state index in [0.717, 1.165) is 11.1 Å². The second-order valence-electron chi connectivity index (χ2n) is 8.88. The van der Waals surface area contributed by atoms with Crippen molar-refractivity contribution in [2.45, 2.75) is 25.2 Å². The van der Waals surface area contributed by atoms with Gasteiger partial charge in [0, 0.05) is 30.7 Å². The molecular weight excluding hydrogens is 455 g/mol. The number of carboxylic acid groups (broad SMARTS) is 1. The first kappa shape index (κ1) is 23.3. The molecule has 1 aromatic heterocycles. The van der Waals surface area contributed by atoms with E-state index in [1.165, 1.54) is 58.0 Å². The number of hydrogen-bond donors (Lipinski definition) is 1. The summed E-state index contributed by atoms with van der Waals surface area (Å²) < 4.78 is 13.4. The molecule has 5 aromatic rings. The zero-order valence-corrected chi connectivity index (χ0v) is 19.6. The summed E-state index contributed by atoms with van der Waals surface area (Å²) in [6, 6.07) is 23.6. The Kier molecular flexibility index (Phi) is 6.25. The van der Waals surface area contributed by atoms with Crippen LogP contribution in [0.4, 0.5) is 4.39 Å². The highest BCUT2D eigenvalue weighted by Gasteiger charge is 2.33. The van der Waals surface area contributed by atoms with Crippen molar-refractivity contribution in [3.8, 4) is 0 Å². The van der Waals surface area contributed by atoms with Crippen molar-refractivity contribution < 1.29 is 19.1 Å². The minimum Gasteiger partial charge on any atom is -0.478 e. The molecule has 0 saturated carbocycles. The van der Waals surface area contributed by atoms with Crippen molar-refractivity contribution in [3.63, 3.8) is 0 Å². The van der Waals surface area contributed by atoms with Gasteiger partial charge in [-0.05, 0) is 50.4 Å². The fraction of sp³-hybridized carbons (Fsp3) is 0.133. The minimum atomic E-state index is -1.00. The fourth-order valence-electron chi connectivity index (χ4n) is 4.94. The molecule has 4 aromatic carbocycles. The molecule has 0 bridgehead atoms. The molecule has 6 rings (SSSR count). The molecule has 0 aliphatic heterocycles. The van der Waals surface area contributed by atoms with Gasteiger partial charge < -0.3 is 5.11 Å². The topological polar surface area (TPSA) is 80.2 Å². The lowest BCUT2D eigenvalue weighted by Gasteiger charge is -2.31. The number of benzene rings is 4. The number of fused-ring (bicyclic) bond motifs is 5. The molecular formula is C30H23FN2O3. The molecule has 0 radical (unpaired) electrons. The summed E-state index contributed by atoms with van der Waals surface area (Å²) in [5.74, 6) is -1.15. The van der Waals surface area contributed by atoms with Gasteiger partial charge in [-0.15, -0.1) is 0 Å². The Hall–Kier alpha value is -4.45. The maximum atomic E-state index is 13.4. The van der Waals surface area contributed by atoms with Gasteiger partial charge in [-0.25, -0.2) is 19.2 Å². The molecule has 36 heavy (non-hydrogen) atoms. The number of rotatable bonds is 2. The average molecular weight is 479 g/mol. The Morgan fingerprint density at radius 1 is 0.889 bits per heavy atom. The zero-order chi connectivity index (χ0) is 25.2. The molecule has 0 amide bonds. The Labute approximate surface area is 207 Å². The van der Waals surface area contributed by atoms with Gasteiger partial charge in [0.25, 0.3) is 0 Å². The third kappa shape index (κ3) is 4.33. The van der Waals surface area contributed by atoms with E-state index in [-0.39, 0.29) is 29.0 Å². The highest BCUT2D eigenvalue weighted by molar-refractivity contribution is 6.10. The minimum absolute atomic E-state index is 0.0332. The van der Waals surface area contributed by atoms with Gasteiger partial charge in [0.1, 0.15) is 17.9 Å². The van der Waals surface area contributed by atoms with Crippen LogP contribution in [-0.4, -0.2) is 26.8 Å². The van der Waals surface area contributed by atoms with Gasteiger partial charge in [-0.3, -0.25) is 4.79 Å². The van der Waals surface area contributed by atoms with Gasteiger partial charge in [0.15, 0.2) is 0 Å². The quantitative estimate of drug-likeness (QED) is 0.292. The van der Waals surface area contributed by atoms with Gasteiger partial charge >= 0.3 is 5.97 Å². The van der Waals surface area contributed by atoms with Crippen molar-refractivity contribution >= 4 is 33.3 Å². The van der Waals surface area contributed by atoms with Gasteiger partial charge in [-0.2, -0.15) is 0 Å². The Bertz CT molecular complexity index is 1580. The summed E-state index contributed by atoms with van der Waals surface area (Å²) in [4.78, 5) is 29.8. The van der Waals surface area contributed by atoms with Gasteiger partial charge in [0.05, 0.1) is 5.56 Å². The van der Waals surface area contributed by atoms with Crippen LogP contribution in [0.15, 0.2) is 91.5 Å². The number of nitrogens with zero attached hydrogens (tertiary/aromatic N) is 2. The van der Waals surface area contributed by atoms with Crippen LogP contribution >= 0.6 is 0 Å².